The molecule has 120 valence electrons. The molecule has 2 N–H and O–H groups in total. The maximum Gasteiger partial charge on any atom is 0.313 e. The fourth-order valence-electron chi connectivity index (χ4n) is 2.32. The third kappa shape index (κ3) is 3.59. The highest BCUT2D eigenvalue weighted by Crippen LogP contribution is 2.34. The molecule has 1 aliphatic rings. The number of amides is 1. The van der Waals surface area contributed by atoms with Crippen LogP contribution in [0.4, 0.5) is 11.5 Å². The van der Waals surface area contributed by atoms with E-state index in [-0.39, 0.29) is 30.2 Å². The first-order chi connectivity index (χ1) is 10.1. The minimum Gasteiger partial charge on any atom is -0.291 e. The van der Waals surface area contributed by atoms with E-state index in [1.807, 2.05) is 0 Å². The van der Waals surface area contributed by atoms with Crippen molar-refractivity contribution in [2.45, 2.75) is 13.3 Å². The molecule has 22 heavy (non-hydrogen) atoms. The van der Waals surface area contributed by atoms with E-state index < -0.39 is 26.8 Å². The van der Waals surface area contributed by atoms with Gasteiger partial charge in [0.1, 0.15) is 0 Å². The lowest BCUT2D eigenvalue weighted by Crippen LogP contribution is -2.28. The molecule has 11 heteroatoms. The molecule has 1 saturated heterocycles. The van der Waals surface area contributed by atoms with E-state index in [2.05, 4.69) is 20.9 Å². The number of aromatic nitrogens is 1. The Morgan fingerprint density at radius 1 is 1.59 bits per heavy atom. The molecular weight excluding hydrogens is 380 g/mol. The van der Waals surface area contributed by atoms with Gasteiger partial charge >= 0.3 is 5.69 Å². The monoisotopic (exact) mass is 392 g/mol. The number of nitro groups is 1. The molecule has 2 rings (SSSR count). The van der Waals surface area contributed by atoms with Gasteiger partial charge in [-0.05, 0) is 22.9 Å². The molecule has 2 heterocycles. The Balaban J connectivity index is 2.38. The van der Waals surface area contributed by atoms with Gasteiger partial charge < -0.3 is 0 Å². The number of carbonyl (C=O) groups excluding carboxylic acids is 1. The number of primary sulfonamides is 1. The van der Waals surface area contributed by atoms with Crippen LogP contribution in [-0.4, -0.2) is 36.5 Å². The van der Waals surface area contributed by atoms with E-state index in [0.717, 1.165) is 4.90 Å². The van der Waals surface area contributed by atoms with Crippen LogP contribution < -0.4 is 10.0 Å². The SMILES string of the molecule is Cc1nc(N2CC(CS(N)(=O)=O)CC2=O)c([N+](=O)[O-])cc1Br. The lowest BCUT2D eigenvalue weighted by molar-refractivity contribution is -0.384. The molecule has 0 aliphatic carbocycles. The summed E-state index contributed by atoms with van der Waals surface area (Å²) in [6.07, 6.45) is -0.0373. The van der Waals surface area contributed by atoms with Crippen LogP contribution in [0.2, 0.25) is 0 Å². The topological polar surface area (TPSA) is 137 Å². The molecule has 9 nitrogen and oxygen atoms in total. The largest absolute Gasteiger partial charge is 0.313 e. The second kappa shape index (κ2) is 5.89. The van der Waals surface area contributed by atoms with Crippen LogP contribution in [0.5, 0.6) is 0 Å². The van der Waals surface area contributed by atoms with Crippen LogP contribution in [0.15, 0.2) is 10.5 Å². The van der Waals surface area contributed by atoms with Gasteiger partial charge in [-0.15, -0.1) is 0 Å². The first-order valence-corrected chi connectivity index (χ1v) is 8.71. The summed E-state index contributed by atoms with van der Waals surface area (Å²) in [5.41, 5.74) is 0.172. The van der Waals surface area contributed by atoms with E-state index in [1.165, 1.54) is 6.07 Å². The Bertz CT molecular complexity index is 751. The van der Waals surface area contributed by atoms with Crippen molar-refractivity contribution in [3.05, 3.63) is 26.3 Å². The van der Waals surface area contributed by atoms with E-state index >= 15 is 0 Å². The van der Waals surface area contributed by atoms with E-state index in [0.29, 0.717) is 10.2 Å². The molecule has 1 amide bonds. The number of hydrogen-bond acceptors (Lipinski definition) is 6. The van der Waals surface area contributed by atoms with Gasteiger partial charge in [0.25, 0.3) is 0 Å². The van der Waals surface area contributed by atoms with Gasteiger partial charge in [0.15, 0.2) is 0 Å². The summed E-state index contributed by atoms with van der Waals surface area (Å²) in [5, 5.41) is 16.1. The molecule has 0 aromatic carbocycles. The predicted molar refractivity (Wildman–Crippen MR) is 81.8 cm³/mol. The third-order valence-electron chi connectivity index (χ3n) is 3.24. The first-order valence-electron chi connectivity index (χ1n) is 6.21. The number of nitrogens with two attached hydrogens (primary N) is 1. The number of nitrogens with zero attached hydrogens (tertiary/aromatic N) is 3. The van der Waals surface area contributed by atoms with Crippen LogP contribution in [0.25, 0.3) is 0 Å². The van der Waals surface area contributed by atoms with Gasteiger partial charge in [-0.3, -0.25) is 19.8 Å². The Morgan fingerprint density at radius 2 is 2.23 bits per heavy atom. The second-order valence-electron chi connectivity index (χ2n) is 5.06. The summed E-state index contributed by atoms with van der Waals surface area (Å²) in [5.74, 6) is -1.34. The summed E-state index contributed by atoms with van der Waals surface area (Å²) >= 11 is 3.16. The summed E-state index contributed by atoms with van der Waals surface area (Å²) < 4.78 is 22.7. The first kappa shape index (κ1) is 16.8. The quantitative estimate of drug-likeness (QED) is 0.591. The van der Waals surface area contributed by atoms with Gasteiger partial charge in [0, 0.05) is 29.4 Å². The van der Waals surface area contributed by atoms with Crippen LogP contribution in [0.1, 0.15) is 12.1 Å². The predicted octanol–water partition coefficient (Wildman–Crippen LogP) is 0.702. The van der Waals surface area contributed by atoms with Gasteiger partial charge in [0.2, 0.25) is 21.7 Å². The number of hydrogen-bond donors (Lipinski definition) is 1. The lowest BCUT2D eigenvalue weighted by Gasteiger charge is -2.16. The van der Waals surface area contributed by atoms with E-state index in [4.69, 9.17) is 5.14 Å². The minimum atomic E-state index is -3.72. The van der Waals surface area contributed by atoms with Crippen molar-refractivity contribution < 1.29 is 18.1 Å². The van der Waals surface area contributed by atoms with Crippen molar-refractivity contribution in [1.82, 2.24) is 4.98 Å². The Morgan fingerprint density at radius 3 is 2.77 bits per heavy atom. The standard InChI is InChI=1S/C11H13BrN4O5S/c1-6-8(12)3-9(16(18)19)11(14-6)15-4-7(2-10(15)17)5-22(13,20)21/h3,7H,2,4-5H2,1H3,(H2,13,20,21). The summed E-state index contributed by atoms with van der Waals surface area (Å²) in [4.78, 5) is 27.8. The van der Waals surface area contributed by atoms with Crippen molar-refractivity contribution in [2.24, 2.45) is 11.1 Å². The highest BCUT2D eigenvalue weighted by Gasteiger charge is 2.37. The number of pyridine rings is 1. The zero-order valence-corrected chi connectivity index (χ0v) is 13.9. The zero-order chi connectivity index (χ0) is 16.7. The molecule has 0 saturated carbocycles. The van der Waals surface area contributed by atoms with Gasteiger partial charge in [0.05, 0.1) is 16.4 Å². The Hall–Kier alpha value is -1.59. The third-order valence-corrected chi connectivity index (χ3v) is 4.98. The van der Waals surface area contributed by atoms with Crippen molar-refractivity contribution in [2.75, 3.05) is 17.2 Å². The number of anilines is 1. The maximum atomic E-state index is 12.1. The molecule has 1 fully saturated rings. The van der Waals surface area contributed by atoms with Crippen LogP contribution in [0.3, 0.4) is 0 Å². The number of aryl methyl sites for hydroxylation is 1. The van der Waals surface area contributed by atoms with Crippen molar-refractivity contribution in [3.8, 4) is 0 Å². The Labute approximate surface area is 134 Å². The van der Waals surface area contributed by atoms with Gasteiger partial charge in [-0.2, -0.15) is 0 Å². The van der Waals surface area contributed by atoms with Crippen LogP contribution >= 0.6 is 15.9 Å². The summed E-state index contributed by atoms with van der Waals surface area (Å²) in [6, 6.07) is 1.28. The smallest absolute Gasteiger partial charge is 0.291 e. The molecule has 0 bridgehead atoms. The summed E-state index contributed by atoms with van der Waals surface area (Å²) in [7, 11) is -3.72. The highest BCUT2D eigenvalue weighted by molar-refractivity contribution is 9.10. The molecule has 1 aromatic heterocycles. The molecule has 1 aromatic rings. The summed E-state index contributed by atoms with van der Waals surface area (Å²) in [6.45, 7) is 1.67. The normalized spacial score (nSPS) is 18.8. The maximum absolute atomic E-state index is 12.1. The molecular formula is C11H13BrN4O5S. The fraction of sp³-hybridized carbons (Fsp3) is 0.455. The highest BCUT2D eigenvalue weighted by atomic mass is 79.9. The molecule has 0 radical (unpaired) electrons. The number of rotatable bonds is 4. The molecule has 1 unspecified atom stereocenters. The van der Waals surface area contributed by atoms with Crippen molar-refractivity contribution in [1.29, 1.82) is 0 Å². The van der Waals surface area contributed by atoms with Crippen LogP contribution in [-0.2, 0) is 14.8 Å². The average molecular weight is 393 g/mol. The minimum absolute atomic E-state index is 0.0319. The van der Waals surface area contributed by atoms with E-state index in [9.17, 15) is 23.3 Å². The molecule has 1 aliphatic heterocycles. The number of halogens is 1. The number of sulfonamides is 1. The molecule has 1 atom stereocenters. The molecule has 0 spiro atoms. The zero-order valence-electron chi connectivity index (χ0n) is 11.5. The van der Waals surface area contributed by atoms with Crippen LogP contribution in [0, 0.1) is 23.0 Å². The van der Waals surface area contributed by atoms with Gasteiger partial charge in [-0.25, -0.2) is 18.5 Å². The van der Waals surface area contributed by atoms with Crippen molar-refractivity contribution in [3.63, 3.8) is 0 Å². The average Bonchev–Trinajstić information content (AvgIpc) is 2.70. The fourth-order valence-corrected chi connectivity index (χ4v) is 3.50. The van der Waals surface area contributed by atoms with Crippen molar-refractivity contribution >= 4 is 43.4 Å². The lowest BCUT2D eigenvalue weighted by atomic mass is 10.1. The van der Waals surface area contributed by atoms with Gasteiger partial charge in [-0.1, -0.05) is 0 Å². The second-order valence-corrected chi connectivity index (χ2v) is 7.57. The number of carbonyl (C=O) groups is 1. The Kier molecular flexibility index (Phi) is 4.49. The van der Waals surface area contributed by atoms with E-state index in [1.54, 1.807) is 6.92 Å².